The number of ether oxygens (including phenoxy) is 1. The lowest BCUT2D eigenvalue weighted by molar-refractivity contribution is -0.194. The summed E-state index contributed by atoms with van der Waals surface area (Å²) >= 11 is 0. The van der Waals surface area contributed by atoms with Gasteiger partial charge in [-0.3, -0.25) is 9.78 Å². The molecule has 3 heteroatoms. The van der Waals surface area contributed by atoms with Crippen LogP contribution in [0.3, 0.4) is 0 Å². The first-order chi connectivity index (χ1) is 5.33. The lowest BCUT2D eigenvalue weighted by atomic mass is 10.8. The van der Waals surface area contributed by atoms with Crippen LogP contribution in [-0.2, 0) is 14.5 Å². The zero-order chi connectivity index (χ0) is 8.95. The van der Waals surface area contributed by atoms with Gasteiger partial charge in [-0.2, -0.15) is 0 Å². The molecule has 0 spiro atoms. The molecule has 66 valence electrons. The van der Waals surface area contributed by atoms with Crippen molar-refractivity contribution in [1.82, 2.24) is 0 Å². The van der Waals surface area contributed by atoms with Crippen molar-refractivity contribution in [3.05, 3.63) is 25.7 Å². The molecule has 0 aliphatic rings. The van der Waals surface area contributed by atoms with E-state index in [1.807, 2.05) is 13.8 Å². The van der Waals surface area contributed by atoms with Crippen LogP contribution < -0.4 is 0 Å². The van der Waals surface area contributed by atoms with Gasteiger partial charge in [0, 0.05) is 13.2 Å². The molecule has 0 amide bonds. The predicted molar refractivity (Wildman–Crippen MR) is 44.7 cm³/mol. The Labute approximate surface area is 68.2 Å². The van der Waals surface area contributed by atoms with E-state index < -0.39 is 0 Å². The Morgan fingerprint density at radius 1 is 1.00 bits per heavy atom. The molecule has 0 aliphatic carbocycles. The fraction of sp³-hybridized carbons (Fsp3) is 0.500. The summed E-state index contributed by atoms with van der Waals surface area (Å²) in [6, 6.07) is 0. The third-order valence-corrected chi connectivity index (χ3v) is 0.600. The van der Waals surface area contributed by atoms with Crippen molar-refractivity contribution in [1.29, 1.82) is 0 Å². The van der Waals surface area contributed by atoms with E-state index >= 15 is 0 Å². The van der Waals surface area contributed by atoms with Crippen molar-refractivity contribution in [2.24, 2.45) is 0 Å². The van der Waals surface area contributed by atoms with Crippen LogP contribution in [0.4, 0.5) is 0 Å². The van der Waals surface area contributed by atoms with Gasteiger partial charge in [-0.1, -0.05) is 13.2 Å². The number of hydrogen-bond acceptors (Lipinski definition) is 3. The second-order valence-corrected chi connectivity index (χ2v) is 1.31. The molecule has 0 heterocycles. The highest BCUT2D eigenvalue weighted by molar-refractivity contribution is 4.46. The molecule has 0 radical (unpaired) electrons. The summed E-state index contributed by atoms with van der Waals surface area (Å²) in [7, 11) is 0. The Hall–Kier alpha value is -0.960. The highest BCUT2D eigenvalue weighted by Crippen LogP contribution is 1.73. The van der Waals surface area contributed by atoms with Crippen LogP contribution in [0.2, 0.25) is 0 Å². The van der Waals surface area contributed by atoms with Crippen LogP contribution in [0.25, 0.3) is 0 Å². The Balaban J connectivity index is 0. The van der Waals surface area contributed by atoms with Gasteiger partial charge in [0.2, 0.25) is 0 Å². The molecule has 3 nitrogen and oxygen atoms in total. The normalized spacial score (nSPS) is 7.09. The fourth-order valence-corrected chi connectivity index (χ4v) is 0.283. The molecule has 0 aliphatic heterocycles. The molecular formula is C8H16O3. The summed E-state index contributed by atoms with van der Waals surface area (Å²) in [5.74, 6) is 0. The largest absolute Gasteiger partial charge is 0.382 e. The minimum Gasteiger partial charge on any atom is -0.382 e. The quantitative estimate of drug-likeness (QED) is 0.267. The van der Waals surface area contributed by atoms with Crippen molar-refractivity contribution in [3.8, 4) is 0 Å². The van der Waals surface area contributed by atoms with E-state index in [-0.39, 0.29) is 0 Å². The third-order valence-electron chi connectivity index (χ3n) is 0.600. The van der Waals surface area contributed by atoms with Crippen LogP contribution in [0.5, 0.6) is 0 Å². The molecule has 0 aromatic carbocycles. The molecule has 0 atom stereocenters. The minimum absolute atomic E-state index is 0.844. The minimum atomic E-state index is 0.844. The van der Waals surface area contributed by atoms with E-state index in [9.17, 15) is 0 Å². The van der Waals surface area contributed by atoms with Crippen molar-refractivity contribution >= 4 is 0 Å². The van der Waals surface area contributed by atoms with Crippen molar-refractivity contribution in [2.75, 3.05) is 13.2 Å². The van der Waals surface area contributed by atoms with Crippen LogP contribution in [0.1, 0.15) is 13.8 Å². The molecule has 0 unspecified atom stereocenters. The summed E-state index contributed by atoms with van der Waals surface area (Å²) in [4.78, 5) is 8.26. The van der Waals surface area contributed by atoms with Gasteiger partial charge >= 0.3 is 0 Å². The van der Waals surface area contributed by atoms with Crippen LogP contribution >= 0.6 is 0 Å². The summed E-state index contributed by atoms with van der Waals surface area (Å²) in [5, 5.41) is 0. The Bertz CT molecular complexity index is 71.4. The monoisotopic (exact) mass is 160 g/mol. The van der Waals surface area contributed by atoms with Gasteiger partial charge in [-0.25, -0.2) is 0 Å². The van der Waals surface area contributed by atoms with Gasteiger partial charge in [0.1, 0.15) is 12.5 Å². The summed E-state index contributed by atoms with van der Waals surface area (Å²) in [6.07, 6.45) is 2.34. The second-order valence-electron chi connectivity index (χ2n) is 1.31. The van der Waals surface area contributed by atoms with Gasteiger partial charge in [0.05, 0.1) is 0 Å². The zero-order valence-corrected chi connectivity index (χ0v) is 7.21. The van der Waals surface area contributed by atoms with E-state index in [4.69, 9.17) is 4.74 Å². The predicted octanol–water partition coefficient (Wildman–Crippen LogP) is 2.26. The molecular weight excluding hydrogens is 144 g/mol. The van der Waals surface area contributed by atoms with Crippen LogP contribution in [0, 0.1) is 0 Å². The smallest absolute Gasteiger partial charge is 0.135 e. The van der Waals surface area contributed by atoms with E-state index in [0.717, 1.165) is 13.2 Å². The molecule has 0 saturated carbocycles. The first-order valence-corrected chi connectivity index (χ1v) is 3.45. The van der Waals surface area contributed by atoms with Crippen molar-refractivity contribution in [3.63, 3.8) is 0 Å². The first-order valence-electron chi connectivity index (χ1n) is 3.45. The second kappa shape index (κ2) is 16.0. The lowest BCUT2D eigenvalue weighted by Crippen LogP contribution is -1.84. The molecule has 0 aromatic rings. The fourth-order valence-electron chi connectivity index (χ4n) is 0.283. The van der Waals surface area contributed by atoms with E-state index in [1.54, 1.807) is 0 Å². The lowest BCUT2D eigenvalue weighted by Gasteiger charge is -1.87. The average Bonchev–Trinajstić information content (AvgIpc) is 2.04. The molecule has 0 N–H and O–H groups in total. The van der Waals surface area contributed by atoms with Crippen molar-refractivity contribution < 1.29 is 14.5 Å². The zero-order valence-electron chi connectivity index (χ0n) is 7.21. The number of rotatable bonds is 5. The maximum atomic E-state index is 4.83. The topological polar surface area (TPSA) is 27.7 Å². The van der Waals surface area contributed by atoms with E-state index in [2.05, 4.69) is 22.9 Å². The SMILES string of the molecule is C=COOC=C.CCOCC. The maximum Gasteiger partial charge on any atom is 0.135 e. The highest BCUT2D eigenvalue weighted by Gasteiger charge is 1.64. The Morgan fingerprint density at radius 3 is 1.45 bits per heavy atom. The van der Waals surface area contributed by atoms with E-state index in [1.165, 1.54) is 12.5 Å². The first kappa shape index (κ1) is 12.7. The summed E-state index contributed by atoms with van der Waals surface area (Å²) < 4.78 is 4.83. The highest BCUT2D eigenvalue weighted by atomic mass is 17.2. The van der Waals surface area contributed by atoms with Crippen LogP contribution in [0.15, 0.2) is 25.7 Å². The van der Waals surface area contributed by atoms with Gasteiger partial charge in [0.25, 0.3) is 0 Å². The maximum absolute atomic E-state index is 4.83. The standard InChI is InChI=1S/C4H6O2.C4H10O/c1-3-5-6-4-2;1-3-5-4-2/h3-4H,1-2H2;3-4H2,1-2H3. The van der Waals surface area contributed by atoms with Gasteiger partial charge in [0.15, 0.2) is 0 Å². The summed E-state index contributed by atoms with van der Waals surface area (Å²) in [5.41, 5.74) is 0. The Kier molecular flexibility index (Phi) is 18.5. The van der Waals surface area contributed by atoms with Gasteiger partial charge < -0.3 is 4.74 Å². The molecule has 0 aromatic heterocycles. The molecule has 11 heavy (non-hydrogen) atoms. The van der Waals surface area contributed by atoms with Gasteiger partial charge in [-0.15, -0.1) is 0 Å². The third kappa shape index (κ3) is 27.5. The molecule has 0 saturated heterocycles. The van der Waals surface area contributed by atoms with Crippen LogP contribution in [-0.4, -0.2) is 13.2 Å². The molecule has 0 fully saturated rings. The van der Waals surface area contributed by atoms with E-state index in [0.29, 0.717) is 0 Å². The number of hydrogen-bond donors (Lipinski definition) is 0. The van der Waals surface area contributed by atoms with Crippen molar-refractivity contribution in [2.45, 2.75) is 13.8 Å². The molecule has 0 rings (SSSR count). The Morgan fingerprint density at radius 2 is 1.36 bits per heavy atom. The summed E-state index contributed by atoms with van der Waals surface area (Å²) in [6.45, 7) is 12.1. The molecule has 0 bridgehead atoms. The average molecular weight is 160 g/mol. The van der Waals surface area contributed by atoms with Gasteiger partial charge in [-0.05, 0) is 13.8 Å².